The number of alkyl halides is 2. The molecule has 2 aliphatic rings. The Morgan fingerprint density at radius 1 is 1.50 bits per heavy atom. The van der Waals surface area contributed by atoms with Gasteiger partial charge >= 0.3 is 0 Å². The number of ether oxygens (including phenoxy) is 1. The Hall–Kier alpha value is -1.99. The van der Waals surface area contributed by atoms with Crippen molar-refractivity contribution in [2.45, 2.75) is 18.8 Å². The quantitative estimate of drug-likeness (QED) is 0.865. The third-order valence-corrected chi connectivity index (χ3v) is 3.27. The Kier molecular flexibility index (Phi) is 2.95. The molecule has 2 fully saturated rings. The van der Waals surface area contributed by atoms with Crippen LogP contribution in [0.5, 0.6) is 5.88 Å². The fourth-order valence-corrected chi connectivity index (χ4v) is 1.94. The van der Waals surface area contributed by atoms with Crippen molar-refractivity contribution in [1.82, 2.24) is 9.97 Å². The highest BCUT2D eigenvalue weighted by molar-refractivity contribution is 5.90. The molecule has 3 rings (SSSR count). The maximum atomic E-state index is 12.9. The van der Waals surface area contributed by atoms with E-state index >= 15 is 0 Å². The fraction of sp³-hybridized carbons (Fsp3) is 0.583. The molecule has 0 unspecified atom stereocenters. The van der Waals surface area contributed by atoms with E-state index in [1.807, 2.05) is 0 Å². The van der Waals surface area contributed by atoms with E-state index in [0.717, 1.165) is 12.8 Å². The van der Waals surface area contributed by atoms with Crippen molar-refractivity contribution < 1.29 is 18.3 Å². The molecule has 2 heterocycles. The molecule has 20 heavy (non-hydrogen) atoms. The molecule has 6 nitrogen and oxygen atoms in total. The minimum Gasteiger partial charge on any atom is -0.475 e. The Bertz CT molecular complexity index is 540. The van der Waals surface area contributed by atoms with Gasteiger partial charge in [0.2, 0.25) is 0 Å². The van der Waals surface area contributed by atoms with Gasteiger partial charge in [-0.2, -0.15) is 0 Å². The minimum atomic E-state index is -2.71. The number of rotatable bonds is 5. The van der Waals surface area contributed by atoms with Gasteiger partial charge in [-0.05, 0) is 18.8 Å². The van der Waals surface area contributed by atoms with Crippen molar-refractivity contribution in [1.29, 1.82) is 0 Å². The van der Waals surface area contributed by atoms with Gasteiger partial charge < -0.3 is 15.4 Å². The summed E-state index contributed by atoms with van der Waals surface area (Å²) in [6.45, 7) is -0.386. The van der Waals surface area contributed by atoms with E-state index < -0.39 is 24.9 Å². The summed E-state index contributed by atoms with van der Waals surface area (Å²) in [4.78, 5) is 20.4. The molecule has 0 atom stereocenters. The van der Waals surface area contributed by atoms with Crippen molar-refractivity contribution >= 4 is 11.7 Å². The molecule has 108 valence electrons. The van der Waals surface area contributed by atoms with Gasteiger partial charge in [-0.3, -0.25) is 4.79 Å². The molecular formula is C12H14F2N4O2. The summed E-state index contributed by atoms with van der Waals surface area (Å²) in [6, 6.07) is 0. The van der Waals surface area contributed by atoms with Gasteiger partial charge in [0, 0.05) is 0 Å². The van der Waals surface area contributed by atoms with Crippen LogP contribution < -0.4 is 15.4 Å². The van der Waals surface area contributed by atoms with Crippen LogP contribution in [0.15, 0.2) is 6.20 Å². The first-order valence-corrected chi connectivity index (χ1v) is 6.37. The topological polar surface area (TPSA) is 81.3 Å². The van der Waals surface area contributed by atoms with Crippen LogP contribution in [-0.4, -0.2) is 41.5 Å². The lowest BCUT2D eigenvalue weighted by Crippen LogP contribution is -2.56. The maximum Gasteiger partial charge on any atom is 0.282 e. The number of carbonyl (C=O) groups is 1. The lowest BCUT2D eigenvalue weighted by atomic mass is 10.1. The van der Waals surface area contributed by atoms with Crippen LogP contribution in [0.1, 0.15) is 23.3 Å². The van der Waals surface area contributed by atoms with Crippen LogP contribution in [0.3, 0.4) is 0 Å². The zero-order valence-corrected chi connectivity index (χ0v) is 10.7. The molecule has 1 saturated carbocycles. The molecule has 1 amide bonds. The van der Waals surface area contributed by atoms with Crippen molar-refractivity contribution in [2.75, 3.05) is 24.6 Å². The second kappa shape index (κ2) is 4.53. The molecule has 2 N–H and O–H groups in total. The first-order valence-electron chi connectivity index (χ1n) is 6.37. The van der Waals surface area contributed by atoms with Crippen LogP contribution >= 0.6 is 0 Å². The van der Waals surface area contributed by atoms with Crippen molar-refractivity contribution in [3.8, 4) is 5.88 Å². The second-order valence-electron chi connectivity index (χ2n) is 5.21. The van der Waals surface area contributed by atoms with Gasteiger partial charge in [0.25, 0.3) is 17.7 Å². The Morgan fingerprint density at radius 2 is 2.20 bits per heavy atom. The summed E-state index contributed by atoms with van der Waals surface area (Å²) in [5.41, 5.74) is 5.10. The average molecular weight is 284 g/mol. The highest BCUT2D eigenvalue weighted by atomic mass is 19.3. The monoisotopic (exact) mass is 284 g/mol. The molecule has 1 saturated heterocycles. The third-order valence-electron chi connectivity index (χ3n) is 3.27. The molecule has 1 aliphatic carbocycles. The molecule has 8 heteroatoms. The zero-order chi connectivity index (χ0) is 14.3. The highest BCUT2D eigenvalue weighted by Gasteiger charge is 2.45. The largest absolute Gasteiger partial charge is 0.475 e. The van der Waals surface area contributed by atoms with Crippen LogP contribution in [0.4, 0.5) is 14.6 Å². The van der Waals surface area contributed by atoms with Crippen molar-refractivity contribution in [3.63, 3.8) is 0 Å². The highest BCUT2D eigenvalue weighted by Crippen LogP contribution is 2.36. The summed E-state index contributed by atoms with van der Waals surface area (Å²) in [7, 11) is 0. The number of nitrogens with two attached hydrogens (primary N) is 1. The third kappa shape index (κ3) is 2.63. The number of halogens is 2. The molecule has 0 bridgehead atoms. The number of nitrogens with zero attached hydrogens (tertiary/aromatic N) is 3. The summed E-state index contributed by atoms with van der Waals surface area (Å²) < 4.78 is 31.4. The Morgan fingerprint density at radius 3 is 2.75 bits per heavy atom. The minimum absolute atomic E-state index is 0.0353. The van der Waals surface area contributed by atoms with E-state index in [1.54, 1.807) is 0 Å². The Balaban J connectivity index is 1.81. The number of amides is 1. The van der Waals surface area contributed by atoms with Crippen LogP contribution in [0.2, 0.25) is 0 Å². The average Bonchev–Trinajstić information content (AvgIpc) is 3.17. The predicted molar refractivity (Wildman–Crippen MR) is 65.9 cm³/mol. The van der Waals surface area contributed by atoms with E-state index in [-0.39, 0.29) is 17.4 Å². The molecule has 0 radical (unpaired) electrons. The van der Waals surface area contributed by atoms with Gasteiger partial charge in [-0.1, -0.05) is 0 Å². The summed E-state index contributed by atoms with van der Waals surface area (Å²) in [6.07, 6.45) is 3.35. The number of primary amides is 1. The normalized spacial score (nSPS) is 20.4. The van der Waals surface area contributed by atoms with Gasteiger partial charge in [0.15, 0.2) is 5.82 Å². The number of aromatic nitrogens is 2. The molecule has 1 aliphatic heterocycles. The molecular weight excluding hydrogens is 270 g/mol. The van der Waals surface area contributed by atoms with Crippen LogP contribution in [0, 0.1) is 5.92 Å². The molecule has 1 aromatic heterocycles. The lowest BCUT2D eigenvalue weighted by Gasteiger charge is -2.39. The standard InChI is InChI=1S/C12H14F2N4O2/c13-12(14)5-18(6-12)10-11(20-4-7-1-2-7)17-8(3-16-10)9(15)19/h3,7H,1-2,4-6H2,(H2,15,19). The molecule has 0 spiro atoms. The second-order valence-corrected chi connectivity index (χ2v) is 5.21. The first-order chi connectivity index (χ1) is 9.44. The van der Waals surface area contributed by atoms with Gasteiger partial charge in [-0.15, -0.1) is 0 Å². The Labute approximate surface area is 113 Å². The predicted octanol–water partition coefficient (Wildman–Crippen LogP) is 0.820. The summed E-state index contributed by atoms with van der Waals surface area (Å²) in [5, 5.41) is 0. The van der Waals surface area contributed by atoms with Gasteiger partial charge in [0.1, 0.15) is 5.69 Å². The molecule has 0 aromatic carbocycles. The van der Waals surface area contributed by atoms with E-state index in [2.05, 4.69) is 9.97 Å². The maximum absolute atomic E-state index is 12.9. The SMILES string of the molecule is NC(=O)c1cnc(N2CC(F)(F)C2)c(OCC2CC2)n1. The number of hydrogen-bond donors (Lipinski definition) is 1. The zero-order valence-electron chi connectivity index (χ0n) is 10.7. The van der Waals surface area contributed by atoms with Crippen molar-refractivity contribution in [2.24, 2.45) is 11.7 Å². The first kappa shape index (κ1) is 13.0. The number of hydrogen-bond acceptors (Lipinski definition) is 5. The van der Waals surface area contributed by atoms with Crippen LogP contribution in [0.25, 0.3) is 0 Å². The van der Waals surface area contributed by atoms with Gasteiger partial charge in [0.05, 0.1) is 25.9 Å². The molecule has 1 aromatic rings. The van der Waals surface area contributed by atoms with Gasteiger partial charge in [-0.25, -0.2) is 18.7 Å². The van der Waals surface area contributed by atoms with E-state index in [9.17, 15) is 13.6 Å². The smallest absolute Gasteiger partial charge is 0.282 e. The van der Waals surface area contributed by atoms with Crippen LogP contribution in [-0.2, 0) is 0 Å². The van der Waals surface area contributed by atoms with E-state index in [1.165, 1.54) is 11.1 Å². The van der Waals surface area contributed by atoms with Crippen molar-refractivity contribution in [3.05, 3.63) is 11.9 Å². The van der Waals surface area contributed by atoms with E-state index in [4.69, 9.17) is 10.5 Å². The summed E-state index contributed by atoms with van der Waals surface area (Å²) >= 11 is 0. The summed E-state index contributed by atoms with van der Waals surface area (Å²) in [5.74, 6) is -2.63. The number of anilines is 1. The number of carbonyl (C=O) groups excluding carboxylic acids is 1. The van der Waals surface area contributed by atoms with E-state index in [0.29, 0.717) is 12.5 Å². The lowest BCUT2D eigenvalue weighted by molar-refractivity contribution is -0.0270. The fourth-order valence-electron chi connectivity index (χ4n) is 1.94.